The number of halogens is 1. The summed E-state index contributed by atoms with van der Waals surface area (Å²) in [6, 6.07) is 11.4. The van der Waals surface area contributed by atoms with E-state index in [0.29, 0.717) is 20.6 Å². The molecule has 0 unspecified atom stereocenters. The van der Waals surface area contributed by atoms with Crippen molar-refractivity contribution in [2.75, 3.05) is 6.61 Å². The summed E-state index contributed by atoms with van der Waals surface area (Å²) in [5.74, 6) is -0.850. The quantitative estimate of drug-likeness (QED) is 0.635. The van der Waals surface area contributed by atoms with Crippen molar-refractivity contribution in [3.05, 3.63) is 96.4 Å². The highest BCUT2D eigenvalue weighted by atomic mass is 32.1. The molecule has 1 aliphatic heterocycles. The van der Waals surface area contributed by atoms with E-state index in [4.69, 9.17) is 4.74 Å². The molecule has 0 fully saturated rings. The number of nitrogens with zero attached hydrogens (tertiary/aromatic N) is 2. The highest BCUT2D eigenvalue weighted by molar-refractivity contribution is 7.07. The molecule has 8 heteroatoms. The van der Waals surface area contributed by atoms with Gasteiger partial charge in [0.2, 0.25) is 0 Å². The van der Waals surface area contributed by atoms with Crippen molar-refractivity contribution in [3.8, 4) is 5.75 Å². The lowest BCUT2D eigenvalue weighted by Gasteiger charge is -2.24. The SMILES string of the molecule is CCOC(=O)C1=C(C)N=c2s/c(=C/c3ccc(O)cc3)c(=O)n2[C@@H]1c1ccc(F)cc1. The second kappa shape index (κ2) is 8.31. The topological polar surface area (TPSA) is 80.9 Å². The van der Waals surface area contributed by atoms with Gasteiger partial charge >= 0.3 is 5.97 Å². The van der Waals surface area contributed by atoms with E-state index in [0.717, 1.165) is 5.56 Å². The van der Waals surface area contributed by atoms with Crippen LogP contribution in [-0.4, -0.2) is 22.2 Å². The molecule has 0 bridgehead atoms. The molecule has 0 amide bonds. The first-order chi connectivity index (χ1) is 14.9. The third kappa shape index (κ3) is 3.94. The number of benzene rings is 2. The molecule has 1 N–H and O–H groups in total. The van der Waals surface area contributed by atoms with E-state index in [1.807, 2.05) is 0 Å². The van der Waals surface area contributed by atoms with Crippen LogP contribution in [0.4, 0.5) is 4.39 Å². The molecule has 31 heavy (non-hydrogen) atoms. The Kier molecular flexibility index (Phi) is 5.56. The van der Waals surface area contributed by atoms with Crippen molar-refractivity contribution < 1.29 is 19.0 Å². The van der Waals surface area contributed by atoms with E-state index in [9.17, 15) is 19.1 Å². The van der Waals surface area contributed by atoms with Gasteiger partial charge in [-0.15, -0.1) is 0 Å². The largest absolute Gasteiger partial charge is 0.508 e. The molecule has 158 valence electrons. The van der Waals surface area contributed by atoms with Crippen LogP contribution in [0.25, 0.3) is 6.08 Å². The first-order valence-corrected chi connectivity index (χ1v) is 10.4. The summed E-state index contributed by atoms with van der Waals surface area (Å²) in [4.78, 5) is 31.0. The van der Waals surface area contributed by atoms with Gasteiger partial charge in [0.15, 0.2) is 4.80 Å². The number of phenols is 1. The van der Waals surface area contributed by atoms with Crippen LogP contribution in [0.1, 0.15) is 31.0 Å². The van der Waals surface area contributed by atoms with Crippen LogP contribution in [0.5, 0.6) is 5.75 Å². The van der Waals surface area contributed by atoms with Crippen LogP contribution in [0.2, 0.25) is 0 Å². The van der Waals surface area contributed by atoms with Gasteiger partial charge in [-0.2, -0.15) is 0 Å². The van der Waals surface area contributed by atoms with Crippen LogP contribution >= 0.6 is 11.3 Å². The summed E-state index contributed by atoms with van der Waals surface area (Å²) in [5.41, 5.74) is 1.70. The van der Waals surface area contributed by atoms with Crippen molar-refractivity contribution in [1.82, 2.24) is 4.57 Å². The number of rotatable bonds is 4. The molecule has 0 spiro atoms. The fourth-order valence-corrected chi connectivity index (χ4v) is 4.52. The summed E-state index contributed by atoms with van der Waals surface area (Å²) in [7, 11) is 0. The van der Waals surface area contributed by atoms with Crippen LogP contribution < -0.4 is 14.9 Å². The van der Waals surface area contributed by atoms with Gasteiger partial charge in [0.05, 0.1) is 28.5 Å². The minimum atomic E-state index is -0.780. The van der Waals surface area contributed by atoms with Gasteiger partial charge in [0.1, 0.15) is 11.6 Å². The number of ether oxygens (including phenoxy) is 1. The van der Waals surface area contributed by atoms with Gasteiger partial charge in [-0.1, -0.05) is 35.6 Å². The number of carbonyl (C=O) groups excluding carboxylic acids is 1. The lowest BCUT2D eigenvalue weighted by molar-refractivity contribution is -0.139. The Morgan fingerprint density at radius 1 is 1.23 bits per heavy atom. The molecular formula is C23H19FN2O4S. The van der Waals surface area contributed by atoms with E-state index in [-0.39, 0.29) is 23.5 Å². The molecule has 0 aliphatic carbocycles. The highest BCUT2D eigenvalue weighted by Crippen LogP contribution is 2.30. The van der Waals surface area contributed by atoms with Crippen LogP contribution in [-0.2, 0) is 9.53 Å². The Bertz CT molecular complexity index is 1350. The Morgan fingerprint density at radius 3 is 2.55 bits per heavy atom. The van der Waals surface area contributed by atoms with E-state index in [1.54, 1.807) is 44.2 Å². The Hall–Kier alpha value is -3.52. The second-order valence-electron chi connectivity index (χ2n) is 6.95. The minimum absolute atomic E-state index is 0.129. The zero-order valence-electron chi connectivity index (χ0n) is 16.8. The molecule has 2 heterocycles. The average Bonchev–Trinajstić information content (AvgIpc) is 3.04. The normalized spacial score (nSPS) is 16.1. The average molecular weight is 438 g/mol. The molecule has 0 radical (unpaired) electrons. The monoisotopic (exact) mass is 438 g/mol. The van der Waals surface area contributed by atoms with Gasteiger partial charge in [-0.05, 0) is 55.3 Å². The van der Waals surface area contributed by atoms with E-state index < -0.39 is 17.8 Å². The molecule has 1 atom stereocenters. The van der Waals surface area contributed by atoms with Crippen molar-refractivity contribution >= 4 is 23.4 Å². The number of hydrogen-bond donors (Lipinski definition) is 1. The molecule has 3 aromatic rings. The molecule has 0 saturated heterocycles. The Morgan fingerprint density at radius 2 is 1.90 bits per heavy atom. The minimum Gasteiger partial charge on any atom is -0.508 e. The van der Waals surface area contributed by atoms with Crippen molar-refractivity contribution in [1.29, 1.82) is 0 Å². The molecule has 1 aliphatic rings. The summed E-state index contributed by atoms with van der Waals surface area (Å²) < 4.78 is 20.6. The van der Waals surface area contributed by atoms with E-state index in [1.165, 1.54) is 40.2 Å². The fraction of sp³-hybridized carbons (Fsp3) is 0.174. The zero-order chi connectivity index (χ0) is 22.1. The number of aromatic hydroxyl groups is 1. The maximum Gasteiger partial charge on any atom is 0.338 e. The van der Waals surface area contributed by atoms with Gasteiger partial charge in [-0.3, -0.25) is 9.36 Å². The number of phenolic OH excluding ortho intramolecular Hbond substituents is 1. The van der Waals surface area contributed by atoms with Crippen molar-refractivity contribution in [3.63, 3.8) is 0 Å². The van der Waals surface area contributed by atoms with Crippen LogP contribution in [0.3, 0.4) is 0 Å². The maximum absolute atomic E-state index is 13.5. The van der Waals surface area contributed by atoms with Gasteiger partial charge in [0, 0.05) is 0 Å². The smallest absolute Gasteiger partial charge is 0.338 e. The Labute approximate surface area is 180 Å². The predicted octanol–water partition coefficient (Wildman–Crippen LogP) is 2.64. The summed E-state index contributed by atoms with van der Waals surface area (Å²) in [6.45, 7) is 3.57. The number of aromatic nitrogens is 1. The standard InChI is InChI=1S/C23H19FN2O4S/c1-3-30-22(29)19-13(2)25-23-26(20(19)15-6-8-16(24)9-7-15)21(28)18(31-23)12-14-4-10-17(27)11-5-14/h4-12,20,27H,3H2,1-2H3/b18-12+/t20-/m1/s1. The van der Waals surface area contributed by atoms with Crippen molar-refractivity contribution in [2.24, 2.45) is 4.99 Å². The molecule has 6 nitrogen and oxygen atoms in total. The number of fused-ring (bicyclic) bond motifs is 1. The van der Waals surface area contributed by atoms with E-state index >= 15 is 0 Å². The maximum atomic E-state index is 13.5. The lowest BCUT2D eigenvalue weighted by Crippen LogP contribution is -2.39. The number of esters is 1. The first kappa shape index (κ1) is 20.7. The molecule has 4 rings (SSSR count). The number of hydrogen-bond acceptors (Lipinski definition) is 6. The summed E-state index contributed by atoms with van der Waals surface area (Å²) in [6.07, 6.45) is 1.70. The molecule has 2 aromatic carbocycles. The second-order valence-corrected chi connectivity index (χ2v) is 7.95. The first-order valence-electron chi connectivity index (χ1n) is 9.63. The Balaban J connectivity index is 1.94. The zero-order valence-corrected chi connectivity index (χ0v) is 17.6. The lowest BCUT2D eigenvalue weighted by atomic mass is 9.96. The van der Waals surface area contributed by atoms with Gasteiger partial charge in [0.25, 0.3) is 5.56 Å². The highest BCUT2D eigenvalue weighted by Gasteiger charge is 2.33. The predicted molar refractivity (Wildman–Crippen MR) is 115 cm³/mol. The third-order valence-corrected chi connectivity index (χ3v) is 5.88. The molecule has 1 aromatic heterocycles. The van der Waals surface area contributed by atoms with Gasteiger partial charge in [-0.25, -0.2) is 14.2 Å². The van der Waals surface area contributed by atoms with E-state index in [2.05, 4.69) is 4.99 Å². The third-order valence-electron chi connectivity index (χ3n) is 4.89. The van der Waals surface area contributed by atoms with Crippen LogP contribution in [0.15, 0.2) is 69.6 Å². The summed E-state index contributed by atoms with van der Waals surface area (Å²) >= 11 is 1.20. The summed E-state index contributed by atoms with van der Waals surface area (Å²) in [5, 5.41) is 9.48. The fourth-order valence-electron chi connectivity index (χ4n) is 3.47. The van der Waals surface area contributed by atoms with Crippen LogP contribution in [0, 0.1) is 5.82 Å². The number of carbonyl (C=O) groups is 1. The van der Waals surface area contributed by atoms with Gasteiger partial charge < -0.3 is 9.84 Å². The number of thiazole rings is 1. The number of allylic oxidation sites excluding steroid dienone is 1. The molecule has 0 saturated carbocycles. The van der Waals surface area contributed by atoms with Crippen molar-refractivity contribution in [2.45, 2.75) is 19.9 Å². The molecular weight excluding hydrogens is 419 g/mol.